The van der Waals surface area contributed by atoms with Gasteiger partial charge in [0, 0.05) is 11.1 Å². The Morgan fingerprint density at radius 1 is 0.882 bits per heavy atom. The lowest BCUT2D eigenvalue weighted by atomic mass is 10.1. The molecule has 1 amide bonds. The van der Waals surface area contributed by atoms with Gasteiger partial charge in [-0.3, -0.25) is 9.52 Å². The molecule has 7 heteroatoms. The number of hydrogen-bond acceptors (Lipinski definition) is 4. The maximum Gasteiger partial charge on any atom is 0.265 e. The average Bonchev–Trinajstić information content (AvgIpc) is 2.84. The molecule has 4 rings (SSSR count). The summed E-state index contributed by atoms with van der Waals surface area (Å²) in [5.41, 5.74) is 1.84. The number of carbonyl (C=O) groups is 1. The number of amides is 1. The van der Waals surface area contributed by atoms with E-state index >= 15 is 0 Å². The van der Waals surface area contributed by atoms with Crippen molar-refractivity contribution in [2.45, 2.75) is 31.3 Å². The molecule has 4 aromatic rings. The van der Waals surface area contributed by atoms with Gasteiger partial charge < -0.3 is 10.1 Å². The molecule has 0 aliphatic carbocycles. The van der Waals surface area contributed by atoms with E-state index in [-0.39, 0.29) is 10.8 Å². The fourth-order valence-electron chi connectivity index (χ4n) is 3.61. The molecule has 0 saturated carbocycles. The minimum Gasteiger partial charge on any atom is -0.480 e. The van der Waals surface area contributed by atoms with Crippen LogP contribution in [-0.2, 0) is 14.8 Å². The molecule has 6 nitrogen and oxygen atoms in total. The number of anilines is 2. The van der Waals surface area contributed by atoms with Crippen LogP contribution in [0.25, 0.3) is 10.8 Å². The lowest BCUT2D eigenvalue weighted by molar-refractivity contribution is -0.122. The van der Waals surface area contributed by atoms with E-state index in [1.165, 1.54) is 12.1 Å². The summed E-state index contributed by atoms with van der Waals surface area (Å²) in [5.74, 6) is 0.341. The van der Waals surface area contributed by atoms with Crippen molar-refractivity contribution in [3.63, 3.8) is 0 Å². The monoisotopic (exact) mass is 474 g/mol. The molecule has 34 heavy (non-hydrogen) atoms. The minimum absolute atomic E-state index is 0.104. The number of sulfonamides is 1. The predicted octanol–water partition coefficient (Wildman–Crippen LogP) is 5.75. The molecule has 0 aliphatic rings. The number of nitrogens with one attached hydrogen (secondary N) is 2. The van der Waals surface area contributed by atoms with E-state index in [9.17, 15) is 13.2 Å². The van der Waals surface area contributed by atoms with Crippen molar-refractivity contribution >= 4 is 38.1 Å². The van der Waals surface area contributed by atoms with E-state index in [4.69, 9.17) is 4.74 Å². The molecule has 0 radical (unpaired) electrons. The normalized spacial score (nSPS) is 12.2. The lowest BCUT2D eigenvalue weighted by Crippen LogP contribution is -2.32. The third-order valence-electron chi connectivity index (χ3n) is 5.50. The van der Waals surface area contributed by atoms with Crippen LogP contribution in [0.3, 0.4) is 0 Å². The van der Waals surface area contributed by atoms with Crippen LogP contribution >= 0.6 is 0 Å². The second-order valence-corrected chi connectivity index (χ2v) is 9.61. The highest BCUT2D eigenvalue weighted by Gasteiger charge is 2.20. The van der Waals surface area contributed by atoms with Crippen molar-refractivity contribution in [3.8, 4) is 5.75 Å². The van der Waals surface area contributed by atoms with E-state index in [1.54, 1.807) is 24.3 Å². The number of fused-ring (bicyclic) bond motifs is 1. The average molecular weight is 475 g/mol. The van der Waals surface area contributed by atoms with Crippen molar-refractivity contribution in [3.05, 3.63) is 96.6 Å². The predicted molar refractivity (Wildman–Crippen MR) is 136 cm³/mol. The van der Waals surface area contributed by atoms with Gasteiger partial charge in [0.25, 0.3) is 15.9 Å². The van der Waals surface area contributed by atoms with Gasteiger partial charge in [-0.05, 0) is 60.7 Å². The molecule has 0 aromatic heterocycles. The molecule has 2 N–H and O–H groups in total. The molecule has 0 heterocycles. The Morgan fingerprint density at radius 3 is 2.29 bits per heavy atom. The summed E-state index contributed by atoms with van der Waals surface area (Å²) in [7, 11) is -3.75. The third-order valence-corrected chi connectivity index (χ3v) is 6.89. The van der Waals surface area contributed by atoms with E-state index in [1.807, 2.05) is 68.4 Å². The zero-order valence-electron chi connectivity index (χ0n) is 19.0. The van der Waals surface area contributed by atoms with E-state index in [2.05, 4.69) is 10.0 Å². The van der Waals surface area contributed by atoms with Crippen LogP contribution in [0.5, 0.6) is 5.75 Å². The van der Waals surface area contributed by atoms with Crippen molar-refractivity contribution in [2.24, 2.45) is 0 Å². The van der Waals surface area contributed by atoms with E-state index in [0.29, 0.717) is 23.5 Å². The van der Waals surface area contributed by atoms with Gasteiger partial charge in [-0.25, -0.2) is 8.42 Å². The molecular weight excluding hydrogens is 448 g/mol. The number of ether oxygens (including phenoxy) is 1. The quantitative estimate of drug-likeness (QED) is 0.341. The van der Waals surface area contributed by atoms with Crippen LogP contribution in [0.4, 0.5) is 11.4 Å². The summed E-state index contributed by atoms with van der Waals surface area (Å²) < 4.78 is 34.1. The number of para-hydroxylation sites is 1. The van der Waals surface area contributed by atoms with E-state index < -0.39 is 16.1 Å². The van der Waals surface area contributed by atoms with Gasteiger partial charge in [0.2, 0.25) is 0 Å². The number of hydrogen-bond donors (Lipinski definition) is 2. The highest BCUT2D eigenvalue weighted by atomic mass is 32.2. The number of aryl methyl sites for hydroxylation is 1. The zero-order chi connectivity index (χ0) is 24.1. The SMILES string of the molecule is CC[C@H](Oc1cccc2ccccc12)C(=O)Nc1ccc(S(=O)(=O)Nc2ccccc2C)cc1. The highest BCUT2D eigenvalue weighted by molar-refractivity contribution is 7.92. The van der Waals surface area contributed by atoms with Crippen LogP contribution in [0.2, 0.25) is 0 Å². The van der Waals surface area contributed by atoms with Crippen molar-refractivity contribution in [2.75, 3.05) is 10.0 Å². The fourth-order valence-corrected chi connectivity index (χ4v) is 4.74. The van der Waals surface area contributed by atoms with E-state index in [0.717, 1.165) is 16.3 Å². The molecule has 0 aliphatic heterocycles. The first-order valence-corrected chi connectivity index (χ1v) is 12.5. The Bertz CT molecular complexity index is 1410. The van der Waals surface area contributed by atoms with Gasteiger partial charge in [-0.2, -0.15) is 0 Å². The Balaban J connectivity index is 1.45. The number of carbonyl (C=O) groups excluding carboxylic acids is 1. The first-order valence-electron chi connectivity index (χ1n) is 11.0. The van der Waals surface area contributed by atoms with Crippen LogP contribution in [0, 0.1) is 6.92 Å². The molecule has 0 unspecified atom stereocenters. The van der Waals surface area contributed by atoms with Gasteiger partial charge in [0.1, 0.15) is 5.75 Å². The summed E-state index contributed by atoms with van der Waals surface area (Å²) in [6.45, 7) is 3.71. The summed E-state index contributed by atoms with van der Waals surface area (Å²) in [4.78, 5) is 13.0. The van der Waals surface area contributed by atoms with Gasteiger partial charge in [-0.1, -0.05) is 61.5 Å². The summed E-state index contributed by atoms with van der Waals surface area (Å²) in [6, 6.07) is 26.8. The van der Waals surface area contributed by atoms with Gasteiger partial charge in [-0.15, -0.1) is 0 Å². The van der Waals surface area contributed by atoms with Crippen LogP contribution in [0.15, 0.2) is 95.9 Å². The first kappa shape index (κ1) is 23.3. The maximum absolute atomic E-state index is 12.9. The van der Waals surface area contributed by atoms with Crippen LogP contribution in [-0.4, -0.2) is 20.4 Å². The zero-order valence-corrected chi connectivity index (χ0v) is 19.8. The molecule has 174 valence electrons. The standard InChI is InChI=1S/C27H26N2O4S/c1-3-25(33-26-14-8-11-20-10-5-6-12-23(20)26)27(30)28-21-15-17-22(18-16-21)34(31,32)29-24-13-7-4-9-19(24)2/h4-18,25,29H,3H2,1-2H3,(H,28,30)/t25-/m0/s1. The topological polar surface area (TPSA) is 84.5 Å². The van der Waals surface area contributed by atoms with Gasteiger partial charge in [0.15, 0.2) is 6.10 Å². The molecule has 4 aromatic carbocycles. The highest BCUT2D eigenvalue weighted by Crippen LogP contribution is 2.27. The lowest BCUT2D eigenvalue weighted by Gasteiger charge is -2.18. The second-order valence-electron chi connectivity index (χ2n) is 7.93. The summed E-state index contributed by atoms with van der Waals surface area (Å²) >= 11 is 0. The summed E-state index contributed by atoms with van der Waals surface area (Å²) in [6.07, 6.45) is -0.223. The Kier molecular flexibility index (Phi) is 6.84. The third kappa shape index (κ3) is 5.21. The summed E-state index contributed by atoms with van der Waals surface area (Å²) in [5, 5.41) is 4.79. The largest absolute Gasteiger partial charge is 0.480 e. The molecule has 0 bridgehead atoms. The number of rotatable bonds is 8. The molecule has 0 saturated heterocycles. The van der Waals surface area contributed by atoms with Gasteiger partial charge in [0.05, 0.1) is 10.6 Å². The molecule has 0 fully saturated rings. The van der Waals surface area contributed by atoms with Crippen LogP contribution in [0.1, 0.15) is 18.9 Å². The molecule has 0 spiro atoms. The molecular formula is C27H26N2O4S. The Morgan fingerprint density at radius 2 is 1.56 bits per heavy atom. The van der Waals surface area contributed by atoms with Crippen molar-refractivity contribution in [1.29, 1.82) is 0 Å². The second kappa shape index (κ2) is 9.97. The minimum atomic E-state index is -3.75. The Labute approximate surface area is 199 Å². The maximum atomic E-state index is 12.9. The Hall–Kier alpha value is -3.84. The smallest absolute Gasteiger partial charge is 0.265 e. The first-order chi connectivity index (χ1) is 16.4. The van der Waals surface area contributed by atoms with Crippen molar-refractivity contribution in [1.82, 2.24) is 0 Å². The number of benzene rings is 4. The molecule has 1 atom stereocenters. The van der Waals surface area contributed by atoms with Gasteiger partial charge >= 0.3 is 0 Å². The van der Waals surface area contributed by atoms with Crippen LogP contribution < -0.4 is 14.8 Å². The van der Waals surface area contributed by atoms with Crippen molar-refractivity contribution < 1.29 is 17.9 Å². The fraction of sp³-hybridized carbons (Fsp3) is 0.148.